The number of halogens is 1. The zero-order valence-electron chi connectivity index (χ0n) is 9.30. The number of hydrogen-bond acceptors (Lipinski definition) is 3. The van der Waals surface area contributed by atoms with Gasteiger partial charge in [-0.2, -0.15) is 0 Å². The van der Waals surface area contributed by atoms with Gasteiger partial charge in [-0.25, -0.2) is 0 Å². The van der Waals surface area contributed by atoms with Gasteiger partial charge in [0.15, 0.2) is 0 Å². The molecule has 0 fully saturated rings. The Bertz CT molecular complexity index is 497. The number of aromatic nitrogens is 1. The van der Waals surface area contributed by atoms with Gasteiger partial charge in [0.1, 0.15) is 11.5 Å². The van der Waals surface area contributed by atoms with Gasteiger partial charge in [-0.05, 0) is 53.8 Å². The van der Waals surface area contributed by atoms with E-state index in [-0.39, 0.29) is 0 Å². The molecule has 0 aliphatic rings. The Kier molecular flexibility index (Phi) is 3.96. The number of pyridine rings is 1. The van der Waals surface area contributed by atoms with Crippen LogP contribution in [-0.2, 0) is 0 Å². The zero-order valence-corrected chi connectivity index (χ0v) is 11.5. The van der Waals surface area contributed by atoms with Crippen LogP contribution in [0.25, 0.3) is 0 Å². The van der Waals surface area contributed by atoms with E-state index in [1.807, 2.05) is 24.3 Å². The average Bonchev–Trinajstić information content (AvgIpc) is 2.33. The van der Waals surface area contributed by atoms with Gasteiger partial charge in [0.2, 0.25) is 0 Å². The van der Waals surface area contributed by atoms with Crippen LogP contribution in [-0.4, -0.2) is 10.1 Å². The molecule has 2 aromatic rings. The van der Waals surface area contributed by atoms with Crippen molar-refractivity contribution < 1.29 is 9.84 Å². The molecule has 1 unspecified atom stereocenters. The van der Waals surface area contributed by atoms with Crippen molar-refractivity contribution in [3.63, 3.8) is 0 Å². The summed E-state index contributed by atoms with van der Waals surface area (Å²) in [5.41, 5.74) is 0.639. The van der Waals surface area contributed by atoms with Crippen LogP contribution in [0, 0.1) is 3.57 Å². The Morgan fingerprint density at radius 3 is 2.59 bits per heavy atom. The zero-order chi connectivity index (χ0) is 12.3. The average molecular weight is 341 g/mol. The number of aliphatic hydroxyl groups is 1. The van der Waals surface area contributed by atoms with E-state index in [2.05, 4.69) is 27.6 Å². The van der Waals surface area contributed by atoms with Crippen molar-refractivity contribution in [2.24, 2.45) is 0 Å². The molecule has 0 bridgehead atoms. The summed E-state index contributed by atoms with van der Waals surface area (Å²) < 4.78 is 6.74. The van der Waals surface area contributed by atoms with Crippen LogP contribution in [0.1, 0.15) is 18.7 Å². The van der Waals surface area contributed by atoms with Crippen molar-refractivity contribution in [1.29, 1.82) is 0 Å². The topological polar surface area (TPSA) is 42.4 Å². The Hall–Kier alpha value is -1.14. The standard InChI is InChI=1S/C13H12INO2/c1-9(16)12-7-6-10(8-15-12)17-13-5-3-2-4-11(13)14/h2-9,16H,1H3. The largest absolute Gasteiger partial charge is 0.455 e. The molecule has 1 aromatic heterocycles. The molecule has 0 aliphatic heterocycles. The minimum atomic E-state index is -0.555. The van der Waals surface area contributed by atoms with Crippen LogP contribution >= 0.6 is 22.6 Å². The minimum absolute atomic E-state index is 0.555. The Morgan fingerprint density at radius 1 is 1.24 bits per heavy atom. The highest BCUT2D eigenvalue weighted by Crippen LogP contribution is 2.26. The number of rotatable bonds is 3. The highest BCUT2D eigenvalue weighted by Gasteiger charge is 2.04. The third-order valence-electron chi connectivity index (χ3n) is 2.25. The molecular formula is C13H12INO2. The SMILES string of the molecule is CC(O)c1ccc(Oc2ccccc2I)cn1. The molecule has 1 aromatic carbocycles. The highest BCUT2D eigenvalue weighted by atomic mass is 127. The molecule has 2 rings (SSSR count). The van der Waals surface area contributed by atoms with Crippen LogP contribution in [0.4, 0.5) is 0 Å². The van der Waals surface area contributed by atoms with Gasteiger partial charge < -0.3 is 9.84 Å². The lowest BCUT2D eigenvalue weighted by atomic mass is 10.2. The fraction of sp³-hybridized carbons (Fsp3) is 0.154. The van der Waals surface area contributed by atoms with Gasteiger partial charge in [-0.3, -0.25) is 4.98 Å². The summed E-state index contributed by atoms with van der Waals surface area (Å²) in [5.74, 6) is 1.47. The van der Waals surface area contributed by atoms with Crippen LogP contribution in [0.5, 0.6) is 11.5 Å². The maximum atomic E-state index is 9.34. The second-order valence-corrected chi connectivity index (χ2v) is 4.79. The molecule has 1 N–H and O–H groups in total. The number of para-hydroxylation sites is 1. The van der Waals surface area contributed by atoms with E-state index in [9.17, 15) is 5.11 Å². The second kappa shape index (κ2) is 5.46. The molecule has 17 heavy (non-hydrogen) atoms. The quantitative estimate of drug-likeness (QED) is 0.869. The fourth-order valence-corrected chi connectivity index (χ4v) is 1.85. The lowest BCUT2D eigenvalue weighted by molar-refractivity contribution is 0.194. The maximum absolute atomic E-state index is 9.34. The number of nitrogens with zero attached hydrogens (tertiary/aromatic N) is 1. The van der Waals surface area contributed by atoms with E-state index in [0.717, 1.165) is 9.32 Å². The summed E-state index contributed by atoms with van der Waals surface area (Å²) in [6.07, 6.45) is 1.06. The van der Waals surface area contributed by atoms with Crippen molar-refractivity contribution >= 4 is 22.6 Å². The van der Waals surface area contributed by atoms with Crippen LogP contribution in [0.2, 0.25) is 0 Å². The summed E-state index contributed by atoms with van der Waals surface area (Å²) in [6.45, 7) is 1.68. The minimum Gasteiger partial charge on any atom is -0.455 e. The fourth-order valence-electron chi connectivity index (χ4n) is 1.35. The first-order valence-electron chi connectivity index (χ1n) is 5.23. The first kappa shape index (κ1) is 12.3. The molecule has 0 spiro atoms. The monoisotopic (exact) mass is 341 g/mol. The third kappa shape index (κ3) is 3.17. The van der Waals surface area contributed by atoms with Crippen LogP contribution in [0.15, 0.2) is 42.6 Å². The molecule has 3 nitrogen and oxygen atoms in total. The van der Waals surface area contributed by atoms with E-state index in [1.165, 1.54) is 0 Å². The second-order valence-electron chi connectivity index (χ2n) is 3.63. The van der Waals surface area contributed by atoms with Gasteiger partial charge in [-0.1, -0.05) is 12.1 Å². The van der Waals surface area contributed by atoms with Crippen molar-refractivity contribution in [2.75, 3.05) is 0 Å². The number of aliphatic hydroxyl groups excluding tert-OH is 1. The predicted molar refractivity (Wildman–Crippen MR) is 74.1 cm³/mol. The molecule has 88 valence electrons. The first-order chi connectivity index (χ1) is 8.16. The molecule has 0 saturated carbocycles. The van der Waals surface area contributed by atoms with Gasteiger partial charge in [0, 0.05) is 0 Å². The summed E-state index contributed by atoms with van der Waals surface area (Å²) in [7, 11) is 0. The van der Waals surface area contributed by atoms with E-state index in [1.54, 1.807) is 25.3 Å². The summed E-state index contributed by atoms with van der Waals surface area (Å²) in [4.78, 5) is 4.13. The Morgan fingerprint density at radius 2 is 2.00 bits per heavy atom. The third-order valence-corrected chi connectivity index (χ3v) is 3.14. The smallest absolute Gasteiger partial charge is 0.145 e. The molecule has 4 heteroatoms. The lowest BCUT2D eigenvalue weighted by Crippen LogP contribution is -1.95. The molecule has 0 radical (unpaired) electrons. The van der Waals surface area contributed by atoms with E-state index >= 15 is 0 Å². The van der Waals surface area contributed by atoms with Gasteiger partial charge >= 0.3 is 0 Å². The Labute approximate surface area is 114 Å². The normalized spacial score (nSPS) is 12.2. The number of hydrogen-bond donors (Lipinski definition) is 1. The molecule has 0 amide bonds. The van der Waals surface area contributed by atoms with Gasteiger partial charge in [-0.15, -0.1) is 0 Å². The van der Waals surface area contributed by atoms with Crippen molar-refractivity contribution in [2.45, 2.75) is 13.0 Å². The summed E-state index contributed by atoms with van der Waals surface area (Å²) in [5, 5.41) is 9.34. The molecular weight excluding hydrogens is 329 g/mol. The van der Waals surface area contributed by atoms with Gasteiger partial charge in [0.25, 0.3) is 0 Å². The van der Waals surface area contributed by atoms with Crippen molar-refractivity contribution in [3.05, 3.63) is 51.9 Å². The lowest BCUT2D eigenvalue weighted by Gasteiger charge is -2.08. The first-order valence-corrected chi connectivity index (χ1v) is 6.31. The van der Waals surface area contributed by atoms with Crippen LogP contribution < -0.4 is 4.74 Å². The predicted octanol–water partition coefficient (Wildman–Crippen LogP) is 3.53. The maximum Gasteiger partial charge on any atom is 0.145 e. The van der Waals surface area contributed by atoms with E-state index < -0.39 is 6.10 Å². The molecule has 0 saturated heterocycles. The van der Waals surface area contributed by atoms with Crippen molar-refractivity contribution in [1.82, 2.24) is 4.98 Å². The number of benzene rings is 1. The van der Waals surface area contributed by atoms with E-state index in [0.29, 0.717) is 11.4 Å². The number of ether oxygens (including phenoxy) is 1. The summed E-state index contributed by atoms with van der Waals surface area (Å²) >= 11 is 2.22. The molecule has 1 atom stereocenters. The van der Waals surface area contributed by atoms with Crippen molar-refractivity contribution in [3.8, 4) is 11.5 Å². The highest BCUT2D eigenvalue weighted by molar-refractivity contribution is 14.1. The Balaban J connectivity index is 2.17. The van der Waals surface area contributed by atoms with Gasteiger partial charge in [0.05, 0.1) is 21.6 Å². The molecule has 1 heterocycles. The summed E-state index contributed by atoms with van der Waals surface area (Å²) in [6, 6.07) is 11.3. The molecule has 0 aliphatic carbocycles. The van der Waals surface area contributed by atoms with Crippen LogP contribution in [0.3, 0.4) is 0 Å². The van der Waals surface area contributed by atoms with E-state index in [4.69, 9.17) is 4.74 Å².